The Morgan fingerprint density at radius 2 is 2.15 bits per heavy atom. The second kappa shape index (κ2) is 10.3. The van der Waals surface area contributed by atoms with Crippen molar-refractivity contribution in [2.24, 2.45) is 10.9 Å². The summed E-state index contributed by atoms with van der Waals surface area (Å²) in [5, 5.41) is 6.84. The first-order valence-electron chi connectivity index (χ1n) is 10.5. The maximum absolute atomic E-state index is 12.7. The fraction of sp³-hybridized carbons (Fsp3) is 0.667. The lowest BCUT2D eigenvalue weighted by atomic mass is 9.88. The maximum atomic E-state index is 12.7. The van der Waals surface area contributed by atoms with Crippen molar-refractivity contribution in [2.45, 2.75) is 57.9 Å². The van der Waals surface area contributed by atoms with Crippen LogP contribution in [0.2, 0.25) is 0 Å². The topological polar surface area (TPSA) is 69.6 Å². The minimum atomic E-state index is 0.263. The van der Waals surface area contributed by atoms with Crippen LogP contribution in [0.1, 0.15) is 51.0 Å². The van der Waals surface area contributed by atoms with Gasteiger partial charge in [-0.1, -0.05) is 25.3 Å². The molecule has 1 aliphatic heterocycles. The number of likely N-dealkylation sites (tertiary alicyclic amines) is 1. The molecule has 148 valence electrons. The molecule has 1 amide bonds. The van der Waals surface area contributed by atoms with Crippen molar-refractivity contribution in [3.05, 3.63) is 30.1 Å². The van der Waals surface area contributed by atoms with Gasteiger partial charge in [-0.15, -0.1) is 0 Å². The molecule has 0 radical (unpaired) electrons. The van der Waals surface area contributed by atoms with E-state index >= 15 is 0 Å². The highest BCUT2D eigenvalue weighted by Gasteiger charge is 2.31. The van der Waals surface area contributed by atoms with E-state index in [1.165, 1.54) is 24.8 Å². The molecular formula is C21H33N5O. The molecule has 0 aromatic carbocycles. The van der Waals surface area contributed by atoms with E-state index in [1.807, 2.05) is 12.3 Å². The molecular weight excluding hydrogens is 338 g/mol. The Bertz CT molecular complexity index is 612. The SMILES string of the molecule is CCNC(=NCCc1cccnc1)NC1CCN(C(=O)C2CCCCC2)C1. The zero-order valence-corrected chi connectivity index (χ0v) is 16.5. The Labute approximate surface area is 162 Å². The number of rotatable bonds is 6. The number of pyridine rings is 1. The summed E-state index contributed by atoms with van der Waals surface area (Å²) >= 11 is 0. The molecule has 27 heavy (non-hydrogen) atoms. The van der Waals surface area contributed by atoms with Crippen LogP contribution in [0.5, 0.6) is 0 Å². The van der Waals surface area contributed by atoms with Crippen LogP contribution in [0.15, 0.2) is 29.5 Å². The second-order valence-electron chi connectivity index (χ2n) is 7.62. The summed E-state index contributed by atoms with van der Waals surface area (Å²) in [6.07, 6.45) is 11.4. The molecule has 1 aliphatic carbocycles. The third-order valence-corrected chi connectivity index (χ3v) is 5.53. The number of carbonyl (C=O) groups is 1. The molecule has 0 spiro atoms. The number of carbonyl (C=O) groups excluding carboxylic acids is 1. The van der Waals surface area contributed by atoms with Crippen LogP contribution in [-0.4, -0.2) is 54.0 Å². The molecule has 2 fully saturated rings. The molecule has 3 rings (SSSR count). The molecule has 1 saturated heterocycles. The van der Waals surface area contributed by atoms with Gasteiger partial charge < -0.3 is 15.5 Å². The van der Waals surface area contributed by atoms with Crippen molar-refractivity contribution >= 4 is 11.9 Å². The molecule has 2 heterocycles. The summed E-state index contributed by atoms with van der Waals surface area (Å²) in [7, 11) is 0. The molecule has 6 heteroatoms. The summed E-state index contributed by atoms with van der Waals surface area (Å²) in [5.74, 6) is 1.48. The summed E-state index contributed by atoms with van der Waals surface area (Å²) in [6, 6.07) is 4.32. The smallest absolute Gasteiger partial charge is 0.225 e. The van der Waals surface area contributed by atoms with Gasteiger partial charge in [-0.2, -0.15) is 0 Å². The molecule has 1 aromatic heterocycles. The summed E-state index contributed by atoms with van der Waals surface area (Å²) < 4.78 is 0. The summed E-state index contributed by atoms with van der Waals surface area (Å²) in [4.78, 5) is 23.6. The quantitative estimate of drug-likeness (QED) is 0.595. The van der Waals surface area contributed by atoms with Crippen molar-refractivity contribution in [3.8, 4) is 0 Å². The lowest BCUT2D eigenvalue weighted by Crippen LogP contribution is -2.45. The first kappa shape index (κ1) is 19.6. The molecule has 1 unspecified atom stereocenters. The molecule has 1 aromatic rings. The van der Waals surface area contributed by atoms with Gasteiger partial charge in [0.05, 0.1) is 0 Å². The van der Waals surface area contributed by atoms with Gasteiger partial charge in [-0.05, 0) is 44.2 Å². The number of amides is 1. The number of nitrogens with zero attached hydrogens (tertiary/aromatic N) is 3. The highest BCUT2D eigenvalue weighted by Crippen LogP contribution is 2.26. The number of aromatic nitrogens is 1. The van der Waals surface area contributed by atoms with Gasteiger partial charge in [0.15, 0.2) is 5.96 Å². The predicted octanol–water partition coefficient (Wildman–Crippen LogP) is 2.36. The summed E-state index contributed by atoms with van der Waals surface area (Å²) in [6.45, 7) is 5.28. The molecule has 1 saturated carbocycles. The van der Waals surface area contributed by atoms with Crippen LogP contribution in [0, 0.1) is 5.92 Å². The third-order valence-electron chi connectivity index (χ3n) is 5.53. The Balaban J connectivity index is 1.48. The number of hydrogen-bond acceptors (Lipinski definition) is 3. The van der Waals surface area contributed by atoms with Crippen LogP contribution in [0.4, 0.5) is 0 Å². The first-order valence-corrected chi connectivity index (χ1v) is 10.5. The fourth-order valence-electron chi connectivity index (χ4n) is 4.04. The van der Waals surface area contributed by atoms with Gasteiger partial charge in [0.2, 0.25) is 5.91 Å². The van der Waals surface area contributed by atoms with Gasteiger partial charge in [0, 0.05) is 50.5 Å². The van der Waals surface area contributed by atoms with Crippen LogP contribution in [-0.2, 0) is 11.2 Å². The Hall–Kier alpha value is -2.11. The predicted molar refractivity (Wildman–Crippen MR) is 109 cm³/mol. The van der Waals surface area contributed by atoms with Gasteiger partial charge >= 0.3 is 0 Å². The fourth-order valence-corrected chi connectivity index (χ4v) is 4.04. The van der Waals surface area contributed by atoms with Crippen LogP contribution >= 0.6 is 0 Å². The van der Waals surface area contributed by atoms with Gasteiger partial charge in [-0.25, -0.2) is 0 Å². The van der Waals surface area contributed by atoms with Crippen molar-refractivity contribution in [1.29, 1.82) is 0 Å². The minimum Gasteiger partial charge on any atom is -0.357 e. The zero-order chi connectivity index (χ0) is 18.9. The largest absolute Gasteiger partial charge is 0.357 e. The Kier molecular flexibility index (Phi) is 7.48. The van der Waals surface area contributed by atoms with Crippen LogP contribution in [0.25, 0.3) is 0 Å². The number of nitrogens with one attached hydrogen (secondary N) is 2. The number of hydrogen-bond donors (Lipinski definition) is 2. The molecule has 0 bridgehead atoms. The van der Waals surface area contributed by atoms with E-state index in [1.54, 1.807) is 6.20 Å². The lowest BCUT2D eigenvalue weighted by Gasteiger charge is -2.26. The van der Waals surface area contributed by atoms with E-state index in [2.05, 4.69) is 33.5 Å². The van der Waals surface area contributed by atoms with E-state index in [9.17, 15) is 4.79 Å². The van der Waals surface area contributed by atoms with Gasteiger partial charge in [0.25, 0.3) is 0 Å². The van der Waals surface area contributed by atoms with Crippen molar-refractivity contribution in [2.75, 3.05) is 26.2 Å². The van der Waals surface area contributed by atoms with Gasteiger partial charge in [-0.3, -0.25) is 14.8 Å². The Morgan fingerprint density at radius 3 is 2.89 bits per heavy atom. The van der Waals surface area contributed by atoms with Crippen molar-refractivity contribution in [3.63, 3.8) is 0 Å². The summed E-state index contributed by atoms with van der Waals surface area (Å²) in [5.41, 5.74) is 1.20. The first-order chi connectivity index (χ1) is 13.3. The van der Waals surface area contributed by atoms with Crippen LogP contribution < -0.4 is 10.6 Å². The highest BCUT2D eigenvalue weighted by atomic mass is 16.2. The lowest BCUT2D eigenvalue weighted by molar-refractivity contribution is -0.135. The molecule has 1 atom stereocenters. The zero-order valence-electron chi connectivity index (χ0n) is 16.5. The van der Waals surface area contributed by atoms with Crippen molar-refractivity contribution < 1.29 is 4.79 Å². The number of aliphatic imine (C=N–C) groups is 1. The average Bonchev–Trinajstić information content (AvgIpc) is 3.17. The molecule has 2 N–H and O–H groups in total. The van der Waals surface area contributed by atoms with E-state index in [4.69, 9.17) is 4.99 Å². The minimum absolute atomic E-state index is 0.263. The van der Waals surface area contributed by atoms with Crippen LogP contribution in [0.3, 0.4) is 0 Å². The van der Waals surface area contributed by atoms with Gasteiger partial charge in [0.1, 0.15) is 0 Å². The van der Waals surface area contributed by atoms with Crippen molar-refractivity contribution in [1.82, 2.24) is 20.5 Å². The average molecular weight is 372 g/mol. The molecule has 6 nitrogen and oxygen atoms in total. The normalized spacial score (nSPS) is 21.3. The maximum Gasteiger partial charge on any atom is 0.225 e. The number of guanidine groups is 1. The third kappa shape index (κ3) is 5.94. The van der Waals surface area contributed by atoms with E-state index in [0.717, 1.165) is 57.8 Å². The Morgan fingerprint density at radius 1 is 1.30 bits per heavy atom. The second-order valence-corrected chi connectivity index (χ2v) is 7.62. The highest BCUT2D eigenvalue weighted by molar-refractivity contribution is 5.81. The van der Waals surface area contributed by atoms with E-state index in [-0.39, 0.29) is 12.0 Å². The monoisotopic (exact) mass is 371 g/mol. The van der Waals surface area contributed by atoms with E-state index in [0.29, 0.717) is 5.91 Å². The standard InChI is InChI=1S/C21H33N5O/c1-2-23-21(24-13-10-17-7-6-12-22-15-17)25-19-11-14-26(16-19)20(27)18-8-4-3-5-9-18/h6-7,12,15,18-19H,2-5,8-11,13-14,16H2,1H3,(H2,23,24,25). The van der Waals surface area contributed by atoms with E-state index < -0.39 is 0 Å². The molecule has 2 aliphatic rings.